The quantitative estimate of drug-likeness (QED) is 0.718. The topological polar surface area (TPSA) is 59.0 Å². The molecule has 1 aromatic heterocycles. The normalized spacial score (nSPS) is 12.3. The maximum absolute atomic E-state index is 12.5. The van der Waals surface area contributed by atoms with E-state index in [0.29, 0.717) is 0 Å². The standard InChI is InChI=1S/C8H7F3N2O2/c1-7(2,8(9,10)11)5-3-6(13-15-5)14-4-12/h3H,1-2H3. The second kappa shape index (κ2) is 3.46. The van der Waals surface area contributed by atoms with Gasteiger partial charge in [0.2, 0.25) is 0 Å². The average molecular weight is 220 g/mol. The molecule has 0 unspecified atom stereocenters. The molecule has 0 radical (unpaired) electrons. The van der Waals surface area contributed by atoms with Crippen LogP contribution in [0, 0.1) is 11.5 Å². The molecule has 15 heavy (non-hydrogen) atoms. The minimum atomic E-state index is -4.46. The summed E-state index contributed by atoms with van der Waals surface area (Å²) in [6.07, 6.45) is -3.18. The number of aromatic nitrogens is 1. The van der Waals surface area contributed by atoms with Gasteiger partial charge in [-0.25, -0.2) is 0 Å². The van der Waals surface area contributed by atoms with Crippen LogP contribution in [0.2, 0.25) is 0 Å². The smallest absolute Gasteiger partial charge is 0.364 e. The SMILES string of the molecule is CC(C)(c1cc(OC#N)no1)C(F)(F)F. The van der Waals surface area contributed by atoms with E-state index in [0.717, 1.165) is 19.9 Å². The lowest BCUT2D eigenvalue weighted by molar-refractivity contribution is -0.185. The molecular weight excluding hydrogens is 213 g/mol. The number of rotatable bonds is 2. The van der Waals surface area contributed by atoms with Gasteiger partial charge in [0.05, 0.1) is 0 Å². The van der Waals surface area contributed by atoms with Crippen molar-refractivity contribution in [1.82, 2.24) is 5.16 Å². The fourth-order valence-electron chi connectivity index (χ4n) is 0.788. The molecule has 0 atom stereocenters. The van der Waals surface area contributed by atoms with Crippen LogP contribution >= 0.6 is 0 Å². The lowest BCUT2D eigenvalue weighted by Gasteiger charge is -2.24. The Morgan fingerprint density at radius 2 is 2.07 bits per heavy atom. The van der Waals surface area contributed by atoms with E-state index in [2.05, 4.69) is 14.4 Å². The number of halogens is 3. The molecule has 0 aliphatic heterocycles. The molecule has 0 aliphatic carbocycles. The van der Waals surface area contributed by atoms with Crippen LogP contribution in [0.3, 0.4) is 0 Å². The molecule has 1 rings (SSSR count). The van der Waals surface area contributed by atoms with Crippen LogP contribution in [0.4, 0.5) is 13.2 Å². The average Bonchev–Trinajstić information content (AvgIpc) is 2.51. The van der Waals surface area contributed by atoms with Gasteiger partial charge in [0, 0.05) is 6.07 Å². The van der Waals surface area contributed by atoms with Crippen LogP contribution in [-0.4, -0.2) is 11.3 Å². The number of hydrogen-bond acceptors (Lipinski definition) is 4. The van der Waals surface area contributed by atoms with Crippen molar-refractivity contribution in [1.29, 1.82) is 5.26 Å². The van der Waals surface area contributed by atoms with E-state index in [9.17, 15) is 13.2 Å². The molecule has 82 valence electrons. The van der Waals surface area contributed by atoms with Crippen molar-refractivity contribution in [2.45, 2.75) is 25.4 Å². The van der Waals surface area contributed by atoms with Crippen molar-refractivity contribution < 1.29 is 22.4 Å². The Kier molecular flexibility index (Phi) is 2.62. The van der Waals surface area contributed by atoms with Crippen LogP contribution in [0.25, 0.3) is 0 Å². The Balaban J connectivity index is 3.02. The van der Waals surface area contributed by atoms with Gasteiger partial charge < -0.3 is 9.26 Å². The zero-order valence-corrected chi connectivity index (χ0v) is 7.92. The lowest BCUT2D eigenvalue weighted by atomic mass is 9.90. The zero-order valence-electron chi connectivity index (χ0n) is 7.92. The molecule has 0 saturated heterocycles. The molecule has 0 bridgehead atoms. The van der Waals surface area contributed by atoms with Gasteiger partial charge in [0.1, 0.15) is 5.41 Å². The minimum Gasteiger partial charge on any atom is -0.364 e. The second-order valence-corrected chi connectivity index (χ2v) is 3.35. The molecule has 1 aromatic rings. The summed E-state index contributed by atoms with van der Waals surface area (Å²) in [4.78, 5) is 0. The lowest BCUT2D eigenvalue weighted by Crippen LogP contribution is -2.35. The predicted octanol–water partition coefficient (Wildman–Crippen LogP) is 2.37. The molecule has 7 heteroatoms. The van der Waals surface area contributed by atoms with Crippen molar-refractivity contribution in [3.05, 3.63) is 11.8 Å². The molecule has 0 fully saturated rings. The summed E-state index contributed by atoms with van der Waals surface area (Å²) < 4.78 is 46.3. The van der Waals surface area contributed by atoms with Crippen molar-refractivity contribution in [2.24, 2.45) is 0 Å². The van der Waals surface area contributed by atoms with Crippen molar-refractivity contribution >= 4 is 0 Å². The van der Waals surface area contributed by atoms with E-state index in [1.54, 1.807) is 0 Å². The molecule has 1 heterocycles. The number of nitriles is 1. The predicted molar refractivity (Wildman–Crippen MR) is 41.8 cm³/mol. The minimum absolute atomic E-state index is 0.287. The second-order valence-electron chi connectivity index (χ2n) is 3.35. The highest BCUT2D eigenvalue weighted by molar-refractivity contribution is 5.20. The largest absolute Gasteiger partial charge is 0.401 e. The Morgan fingerprint density at radius 1 is 1.47 bits per heavy atom. The van der Waals surface area contributed by atoms with E-state index in [1.165, 1.54) is 6.26 Å². The molecule has 0 spiro atoms. The third kappa shape index (κ3) is 2.03. The van der Waals surface area contributed by atoms with Crippen molar-refractivity contribution in [3.8, 4) is 12.1 Å². The van der Waals surface area contributed by atoms with Crippen LogP contribution in [0.5, 0.6) is 5.88 Å². The zero-order chi connectivity index (χ0) is 11.7. The maximum atomic E-state index is 12.5. The molecule has 4 nitrogen and oxygen atoms in total. The third-order valence-corrected chi connectivity index (χ3v) is 1.96. The Hall–Kier alpha value is -1.71. The van der Waals surface area contributed by atoms with Crippen molar-refractivity contribution in [3.63, 3.8) is 0 Å². The summed E-state index contributed by atoms with van der Waals surface area (Å²) in [6.45, 7) is 1.90. The highest BCUT2D eigenvalue weighted by atomic mass is 19.4. The third-order valence-electron chi connectivity index (χ3n) is 1.96. The summed E-state index contributed by atoms with van der Waals surface area (Å²) in [5.74, 6) is -0.690. The molecule has 0 aromatic carbocycles. The summed E-state index contributed by atoms with van der Waals surface area (Å²) >= 11 is 0. The Labute approximate surface area is 83.2 Å². The number of alkyl halides is 3. The Bertz CT molecular complexity index is 389. The number of hydrogen-bond donors (Lipinski definition) is 0. The number of ether oxygens (including phenoxy) is 1. The fraction of sp³-hybridized carbons (Fsp3) is 0.500. The molecular formula is C8H7F3N2O2. The van der Waals surface area contributed by atoms with E-state index >= 15 is 0 Å². The van der Waals surface area contributed by atoms with Crippen LogP contribution < -0.4 is 4.74 Å². The van der Waals surface area contributed by atoms with Gasteiger partial charge in [0.25, 0.3) is 12.1 Å². The molecule has 0 aliphatic rings. The monoisotopic (exact) mass is 220 g/mol. The summed E-state index contributed by atoms with van der Waals surface area (Å²) in [5.41, 5.74) is -2.17. The highest BCUT2D eigenvalue weighted by Gasteiger charge is 2.51. The summed E-state index contributed by atoms with van der Waals surface area (Å²) in [5, 5.41) is 11.3. The first kappa shape index (κ1) is 11.4. The summed E-state index contributed by atoms with van der Waals surface area (Å²) in [7, 11) is 0. The first-order valence-electron chi connectivity index (χ1n) is 3.89. The first-order valence-corrected chi connectivity index (χ1v) is 3.89. The summed E-state index contributed by atoms with van der Waals surface area (Å²) in [6, 6.07) is 0.941. The highest BCUT2D eigenvalue weighted by Crippen LogP contribution is 2.41. The Morgan fingerprint density at radius 3 is 2.53 bits per heavy atom. The van der Waals surface area contributed by atoms with Gasteiger partial charge in [-0.3, -0.25) is 0 Å². The maximum Gasteiger partial charge on any atom is 0.401 e. The van der Waals surface area contributed by atoms with Gasteiger partial charge in [-0.05, 0) is 19.0 Å². The van der Waals surface area contributed by atoms with Gasteiger partial charge >= 0.3 is 6.18 Å². The van der Waals surface area contributed by atoms with Gasteiger partial charge in [-0.2, -0.15) is 13.2 Å². The van der Waals surface area contributed by atoms with Crippen LogP contribution in [0.15, 0.2) is 10.6 Å². The van der Waals surface area contributed by atoms with Crippen LogP contribution in [-0.2, 0) is 5.41 Å². The molecule has 0 amide bonds. The van der Waals surface area contributed by atoms with E-state index in [1.807, 2.05) is 0 Å². The van der Waals surface area contributed by atoms with Gasteiger partial charge in [-0.1, -0.05) is 0 Å². The van der Waals surface area contributed by atoms with Crippen LogP contribution in [0.1, 0.15) is 19.6 Å². The van der Waals surface area contributed by atoms with E-state index < -0.39 is 17.4 Å². The fourth-order valence-corrected chi connectivity index (χ4v) is 0.788. The first-order chi connectivity index (χ1) is 6.79. The molecule has 0 saturated carbocycles. The van der Waals surface area contributed by atoms with E-state index in [4.69, 9.17) is 5.26 Å². The van der Waals surface area contributed by atoms with E-state index in [-0.39, 0.29) is 5.88 Å². The molecule has 0 N–H and O–H groups in total. The number of nitrogens with zero attached hydrogens (tertiary/aromatic N) is 2. The van der Waals surface area contributed by atoms with Gasteiger partial charge in [-0.15, -0.1) is 5.26 Å². The van der Waals surface area contributed by atoms with Gasteiger partial charge in [0.15, 0.2) is 5.76 Å². The van der Waals surface area contributed by atoms with Crippen molar-refractivity contribution in [2.75, 3.05) is 0 Å².